The van der Waals surface area contributed by atoms with Crippen molar-refractivity contribution in [2.24, 2.45) is 5.41 Å². The van der Waals surface area contributed by atoms with Crippen LogP contribution in [0.5, 0.6) is 0 Å². The van der Waals surface area contributed by atoms with Crippen LogP contribution in [0.2, 0.25) is 0 Å². The van der Waals surface area contributed by atoms with E-state index in [1.165, 1.54) is 0 Å². The second-order valence-electron chi connectivity index (χ2n) is 6.31. The molecule has 0 radical (unpaired) electrons. The van der Waals surface area contributed by atoms with E-state index in [1.807, 2.05) is 33.8 Å². The number of nitrogens with zero attached hydrogens (tertiary/aromatic N) is 2. The number of aliphatic hydroxyl groups is 1. The van der Waals surface area contributed by atoms with Gasteiger partial charge in [-0.1, -0.05) is 41.5 Å². The lowest BCUT2D eigenvalue weighted by Gasteiger charge is -2.21. The van der Waals surface area contributed by atoms with Crippen LogP contribution in [0, 0.1) is 5.41 Å². The first-order chi connectivity index (χ1) is 9.81. The molecule has 1 unspecified atom stereocenters. The van der Waals surface area contributed by atoms with E-state index in [0.29, 0.717) is 24.6 Å². The lowest BCUT2D eigenvalue weighted by atomic mass is 9.90. The van der Waals surface area contributed by atoms with Gasteiger partial charge in [-0.25, -0.2) is 0 Å². The third-order valence-electron chi connectivity index (χ3n) is 3.80. The van der Waals surface area contributed by atoms with Gasteiger partial charge in [0.2, 0.25) is 0 Å². The van der Waals surface area contributed by atoms with Crippen molar-refractivity contribution < 1.29 is 9.90 Å². The molecule has 1 aromatic heterocycles. The predicted octanol–water partition coefficient (Wildman–Crippen LogP) is 3.07. The first kappa shape index (κ1) is 17.6. The van der Waals surface area contributed by atoms with E-state index in [2.05, 4.69) is 18.8 Å². The van der Waals surface area contributed by atoms with Crippen LogP contribution >= 0.6 is 0 Å². The van der Waals surface area contributed by atoms with Crippen LogP contribution in [0.4, 0.5) is 0 Å². The second-order valence-corrected chi connectivity index (χ2v) is 6.31. The SMILES string of the molecule is CC.CC(C)c1cc(C(=O)N2CC(O)C(C)(C)C2)ccn1. The van der Waals surface area contributed by atoms with E-state index in [1.54, 1.807) is 17.2 Å². The molecule has 1 saturated heterocycles. The highest BCUT2D eigenvalue weighted by Crippen LogP contribution is 2.30. The molecule has 2 rings (SSSR count). The Morgan fingerprint density at radius 2 is 2.05 bits per heavy atom. The highest BCUT2D eigenvalue weighted by Gasteiger charge is 2.40. The standard InChI is InChI=1S/C15H22N2O2.C2H6/c1-10(2)12-7-11(5-6-16-12)14(19)17-8-13(18)15(3,4)9-17;1-2/h5-7,10,13,18H,8-9H2,1-4H3;1-2H3. The van der Waals surface area contributed by atoms with Gasteiger partial charge in [-0.15, -0.1) is 0 Å². The van der Waals surface area contributed by atoms with Crippen LogP contribution in [0.1, 0.15) is 63.5 Å². The Hall–Kier alpha value is -1.42. The quantitative estimate of drug-likeness (QED) is 0.911. The molecule has 118 valence electrons. The van der Waals surface area contributed by atoms with Crippen molar-refractivity contribution >= 4 is 5.91 Å². The van der Waals surface area contributed by atoms with E-state index >= 15 is 0 Å². The maximum atomic E-state index is 12.4. The largest absolute Gasteiger partial charge is 0.391 e. The Bertz CT molecular complexity index is 483. The summed E-state index contributed by atoms with van der Waals surface area (Å²) in [5.41, 5.74) is 1.34. The third kappa shape index (κ3) is 4.03. The molecule has 1 N–H and O–H groups in total. The fourth-order valence-electron chi connectivity index (χ4n) is 2.35. The van der Waals surface area contributed by atoms with Gasteiger partial charge in [-0.3, -0.25) is 9.78 Å². The number of amides is 1. The molecular formula is C17H28N2O2. The zero-order valence-corrected chi connectivity index (χ0v) is 14.1. The summed E-state index contributed by atoms with van der Waals surface area (Å²) in [4.78, 5) is 18.4. The first-order valence-corrected chi connectivity index (χ1v) is 7.74. The Labute approximate surface area is 128 Å². The summed E-state index contributed by atoms with van der Waals surface area (Å²) in [6, 6.07) is 3.59. The van der Waals surface area contributed by atoms with Gasteiger partial charge < -0.3 is 10.0 Å². The van der Waals surface area contributed by atoms with Crippen LogP contribution in [0.3, 0.4) is 0 Å². The van der Waals surface area contributed by atoms with Gasteiger partial charge in [0.25, 0.3) is 5.91 Å². The predicted molar refractivity (Wildman–Crippen MR) is 85.4 cm³/mol. The third-order valence-corrected chi connectivity index (χ3v) is 3.80. The van der Waals surface area contributed by atoms with Gasteiger partial charge in [0.05, 0.1) is 6.10 Å². The van der Waals surface area contributed by atoms with Gasteiger partial charge in [0, 0.05) is 36.0 Å². The van der Waals surface area contributed by atoms with Crippen molar-refractivity contribution in [1.82, 2.24) is 9.88 Å². The van der Waals surface area contributed by atoms with Crippen molar-refractivity contribution in [2.75, 3.05) is 13.1 Å². The van der Waals surface area contributed by atoms with Crippen LogP contribution < -0.4 is 0 Å². The number of aliphatic hydroxyl groups excluding tert-OH is 1. The zero-order valence-electron chi connectivity index (χ0n) is 14.1. The summed E-state index contributed by atoms with van der Waals surface area (Å²) in [5, 5.41) is 9.96. The Balaban J connectivity index is 0.00000106. The number of aromatic nitrogens is 1. The lowest BCUT2D eigenvalue weighted by Crippen LogP contribution is -2.30. The van der Waals surface area contributed by atoms with Crippen molar-refractivity contribution in [3.8, 4) is 0 Å². The van der Waals surface area contributed by atoms with Crippen molar-refractivity contribution in [1.29, 1.82) is 0 Å². The smallest absolute Gasteiger partial charge is 0.254 e. The molecule has 1 aliphatic heterocycles. The maximum absolute atomic E-state index is 12.4. The number of β-amino-alcohol motifs (C(OH)–C–C–N with tert-alkyl or cyclic N) is 1. The molecule has 0 aromatic carbocycles. The monoisotopic (exact) mass is 292 g/mol. The second kappa shape index (κ2) is 7.03. The zero-order chi connectivity index (χ0) is 16.2. The molecule has 1 aromatic rings. The van der Waals surface area contributed by atoms with Crippen LogP contribution in [0.15, 0.2) is 18.3 Å². The van der Waals surface area contributed by atoms with E-state index in [-0.39, 0.29) is 11.3 Å². The number of hydrogen-bond donors (Lipinski definition) is 1. The molecule has 0 bridgehead atoms. The lowest BCUT2D eigenvalue weighted by molar-refractivity contribution is 0.0762. The highest BCUT2D eigenvalue weighted by atomic mass is 16.3. The van der Waals surface area contributed by atoms with Gasteiger partial charge >= 0.3 is 0 Å². The topological polar surface area (TPSA) is 53.4 Å². The number of carbonyl (C=O) groups is 1. The molecule has 4 nitrogen and oxygen atoms in total. The van der Waals surface area contributed by atoms with Crippen molar-refractivity contribution in [2.45, 2.75) is 53.6 Å². The van der Waals surface area contributed by atoms with Crippen LogP contribution in [-0.4, -0.2) is 40.1 Å². The molecule has 0 saturated carbocycles. The van der Waals surface area contributed by atoms with E-state index < -0.39 is 6.10 Å². The van der Waals surface area contributed by atoms with E-state index in [0.717, 1.165) is 5.69 Å². The average Bonchev–Trinajstić information content (AvgIpc) is 2.74. The summed E-state index contributed by atoms with van der Waals surface area (Å²) >= 11 is 0. The maximum Gasteiger partial charge on any atom is 0.254 e. The minimum absolute atomic E-state index is 0.0195. The summed E-state index contributed by atoms with van der Waals surface area (Å²) < 4.78 is 0. The number of hydrogen-bond acceptors (Lipinski definition) is 3. The van der Waals surface area contributed by atoms with E-state index in [9.17, 15) is 9.90 Å². The Morgan fingerprint density at radius 3 is 2.52 bits per heavy atom. The number of likely N-dealkylation sites (tertiary alicyclic amines) is 1. The summed E-state index contributed by atoms with van der Waals surface area (Å²) in [6.45, 7) is 13.1. The molecule has 1 atom stereocenters. The molecular weight excluding hydrogens is 264 g/mol. The Morgan fingerprint density at radius 1 is 1.43 bits per heavy atom. The normalized spacial score (nSPS) is 20.2. The van der Waals surface area contributed by atoms with Crippen molar-refractivity contribution in [3.63, 3.8) is 0 Å². The first-order valence-electron chi connectivity index (χ1n) is 7.74. The fourth-order valence-corrected chi connectivity index (χ4v) is 2.35. The number of carbonyl (C=O) groups excluding carboxylic acids is 1. The molecule has 0 spiro atoms. The minimum Gasteiger partial charge on any atom is -0.391 e. The van der Waals surface area contributed by atoms with E-state index in [4.69, 9.17) is 0 Å². The van der Waals surface area contributed by atoms with Crippen LogP contribution in [0.25, 0.3) is 0 Å². The number of rotatable bonds is 2. The summed E-state index contributed by atoms with van der Waals surface area (Å²) in [5.74, 6) is 0.280. The minimum atomic E-state index is -0.456. The fraction of sp³-hybridized carbons (Fsp3) is 0.647. The molecule has 21 heavy (non-hydrogen) atoms. The molecule has 1 aliphatic rings. The number of pyridine rings is 1. The Kier molecular flexibility index (Phi) is 5.90. The van der Waals surface area contributed by atoms with Gasteiger partial charge in [0.1, 0.15) is 0 Å². The molecule has 2 heterocycles. The van der Waals surface area contributed by atoms with Gasteiger partial charge in [-0.2, -0.15) is 0 Å². The van der Waals surface area contributed by atoms with Gasteiger partial charge in [0.15, 0.2) is 0 Å². The summed E-state index contributed by atoms with van der Waals surface area (Å²) in [6.07, 6.45) is 1.23. The van der Waals surface area contributed by atoms with Crippen LogP contribution in [-0.2, 0) is 0 Å². The molecule has 0 aliphatic carbocycles. The highest BCUT2D eigenvalue weighted by molar-refractivity contribution is 5.94. The average molecular weight is 292 g/mol. The molecule has 1 fully saturated rings. The van der Waals surface area contributed by atoms with Gasteiger partial charge in [-0.05, 0) is 18.1 Å². The summed E-state index contributed by atoms with van der Waals surface area (Å²) in [7, 11) is 0. The van der Waals surface area contributed by atoms with Crippen molar-refractivity contribution in [3.05, 3.63) is 29.6 Å². The molecule has 1 amide bonds. The molecule has 4 heteroatoms.